The summed E-state index contributed by atoms with van der Waals surface area (Å²) in [6.45, 7) is 8.52. The van der Waals surface area contributed by atoms with Crippen LogP contribution in [-0.2, 0) is 0 Å². The molecule has 0 N–H and O–H groups in total. The van der Waals surface area contributed by atoms with E-state index < -0.39 is 0 Å². The Kier molecular flexibility index (Phi) is 2.88. The van der Waals surface area contributed by atoms with Crippen molar-refractivity contribution in [1.29, 1.82) is 0 Å². The molecule has 2 fully saturated rings. The van der Waals surface area contributed by atoms with Gasteiger partial charge in [0, 0.05) is 12.1 Å². The van der Waals surface area contributed by atoms with Crippen molar-refractivity contribution in [3.05, 3.63) is 0 Å². The molecule has 14 heavy (non-hydrogen) atoms. The van der Waals surface area contributed by atoms with Crippen molar-refractivity contribution in [3.8, 4) is 0 Å². The van der Waals surface area contributed by atoms with E-state index in [0.717, 1.165) is 12.1 Å². The predicted octanol–water partition coefficient (Wildman–Crippen LogP) is 3.44. The first-order valence-electron chi connectivity index (χ1n) is 6.32. The molecule has 0 aromatic carbocycles. The highest BCUT2D eigenvalue weighted by molar-refractivity contribution is 4.90. The van der Waals surface area contributed by atoms with Crippen LogP contribution in [-0.4, -0.2) is 23.5 Å². The zero-order valence-corrected chi connectivity index (χ0v) is 10.1. The van der Waals surface area contributed by atoms with Crippen molar-refractivity contribution in [1.82, 2.24) is 4.90 Å². The Morgan fingerprint density at radius 1 is 1.07 bits per heavy atom. The van der Waals surface area contributed by atoms with Crippen molar-refractivity contribution in [3.63, 3.8) is 0 Å². The van der Waals surface area contributed by atoms with Gasteiger partial charge in [0.05, 0.1) is 0 Å². The van der Waals surface area contributed by atoms with Gasteiger partial charge in [-0.25, -0.2) is 0 Å². The minimum atomic E-state index is 0.511. The smallest absolute Gasteiger partial charge is 0.0104 e. The molecule has 1 unspecified atom stereocenters. The lowest BCUT2D eigenvalue weighted by Crippen LogP contribution is -2.44. The van der Waals surface area contributed by atoms with Crippen LogP contribution in [0.3, 0.4) is 0 Å². The molecule has 0 amide bonds. The largest absolute Gasteiger partial charge is 0.297 e. The molecular formula is C13H25N. The van der Waals surface area contributed by atoms with Gasteiger partial charge in [0.15, 0.2) is 0 Å². The highest BCUT2D eigenvalue weighted by atomic mass is 15.2. The Morgan fingerprint density at radius 3 is 2.29 bits per heavy atom. The molecule has 2 aliphatic rings. The first kappa shape index (κ1) is 10.5. The van der Waals surface area contributed by atoms with Crippen LogP contribution in [0, 0.1) is 5.41 Å². The van der Waals surface area contributed by atoms with E-state index >= 15 is 0 Å². The normalized spacial score (nSPS) is 30.6. The molecule has 0 bridgehead atoms. The van der Waals surface area contributed by atoms with Crippen LogP contribution >= 0.6 is 0 Å². The zero-order chi connectivity index (χ0) is 10.2. The second-order valence-corrected chi connectivity index (χ2v) is 6.38. The van der Waals surface area contributed by atoms with Gasteiger partial charge >= 0.3 is 0 Å². The third-order valence-electron chi connectivity index (χ3n) is 3.81. The summed E-state index contributed by atoms with van der Waals surface area (Å²) < 4.78 is 0. The second-order valence-electron chi connectivity index (χ2n) is 6.38. The number of likely N-dealkylation sites (tertiary alicyclic amines) is 1. The van der Waals surface area contributed by atoms with Crippen LogP contribution in [0.25, 0.3) is 0 Å². The van der Waals surface area contributed by atoms with Crippen molar-refractivity contribution in [2.75, 3.05) is 6.54 Å². The Morgan fingerprint density at radius 2 is 1.79 bits per heavy atom. The Balaban J connectivity index is 1.89. The van der Waals surface area contributed by atoms with Gasteiger partial charge in [-0.1, -0.05) is 27.2 Å². The first-order chi connectivity index (χ1) is 6.56. The molecule has 82 valence electrons. The maximum absolute atomic E-state index is 2.81. The minimum absolute atomic E-state index is 0.511. The van der Waals surface area contributed by atoms with Crippen LogP contribution < -0.4 is 0 Å². The highest BCUT2D eigenvalue weighted by Crippen LogP contribution is 2.36. The standard InChI is InChI=1S/C13H25N/c1-13(2,3)10-12-8-5-9-14(12)11-6-4-7-11/h11-12H,4-10H2,1-3H3. The lowest BCUT2D eigenvalue weighted by molar-refractivity contribution is 0.0913. The summed E-state index contributed by atoms with van der Waals surface area (Å²) in [5.74, 6) is 0. The van der Waals surface area contributed by atoms with Gasteiger partial charge in [-0.2, -0.15) is 0 Å². The van der Waals surface area contributed by atoms with Gasteiger partial charge in [-0.3, -0.25) is 4.90 Å². The van der Waals surface area contributed by atoms with Gasteiger partial charge in [-0.05, 0) is 44.1 Å². The van der Waals surface area contributed by atoms with Crippen LogP contribution in [0.1, 0.15) is 59.3 Å². The number of rotatable bonds is 2. The molecule has 1 saturated carbocycles. The molecule has 1 aliphatic heterocycles. The third kappa shape index (κ3) is 2.31. The Hall–Kier alpha value is -0.0400. The molecule has 1 heteroatoms. The van der Waals surface area contributed by atoms with Crippen LogP contribution in [0.4, 0.5) is 0 Å². The summed E-state index contributed by atoms with van der Waals surface area (Å²) in [4.78, 5) is 2.81. The third-order valence-corrected chi connectivity index (χ3v) is 3.81. The average molecular weight is 195 g/mol. The molecule has 0 radical (unpaired) electrons. The summed E-state index contributed by atoms with van der Waals surface area (Å²) in [6, 6.07) is 1.87. The van der Waals surface area contributed by atoms with E-state index in [-0.39, 0.29) is 0 Å². The van der Waals surface area contributed by atoms with Crippen molar-refractivity contribution >= 4 is 0 Å². The quantitative estimate of drug-likeness (QED) is 0.652. The summed E-state index contributed by atoms with van der Waals surface area (Å²) in [5.41, 5.74) is 0.511. The number of hydrogen-bond donors (Lipinski definition) is 0. The molecule has 0 aromatic heterocycles. The van der Waals surface area contributed by atoms with E-state index in [1.807, 2.05) is 0 Å². The number of nitrogens with zero attached hydrogens (tertiary/aromatic N) is 1. The highest BCUT2D eigenvalue weighted by Gasteiger charge is 2.35. The molecule has 1 saturated heterocycles. The molecule has 2 rings (SSSR count). The van der Waals surface area contributed by atoms with Crippen LogP contribution in [0.2, 0.25) is 0 Å². The molecule has 0 aromatic rings. The summed E-state index contributed by atoms with van der Waals surface area (Å²) in [6.07, 6.45) is 8.71. The van der Waals surface area contributed by atoms with Crippen molar-refractivity contribution in [2.24, 2.45) is 5.41 Å². The second kappa shape index (κ2) is 3.84. The number of hydrogen-bond acceptors (Lipinski definition) is 1. The maximum Gasteiger partial charge on any atom is 0.0104 e. The summed E-state index contributed by atoms with van der Waals surface area (Å²) in [5, 5.41) is 0. The molecule has 1 heterocycles. The van der Waals surface area contributed by atoms with E-state index in [1.165, 1.54) is 45.1 Å². The lowest BCUT2D eigenvalue weighted by Gasteiger charge is -2.40. The Labute approximate surface area is 88.9 Å². The molecule has 1 nitrogen and oxygen atoms in total. The van der Waals surface area contributed by atoms with Gasteiger partial charge < -0.3 is 0 Å². The fraction of sp³-hybridized carbons (Fsp3) is 1.00. The van der Waals surface area contributed by atoms with E-state index in [0.29, 0.717) is 5.41 Å². The molecular weight excluding hydrogens is 170 g/mol. The molecule has 0 spiro atoms. The summed E-state index contributed by atoms with van der Waals surface area (Å²) >= 11 is 0. The fourth-order valence-electron chi connectivity index (χ4n) is 2.98. The van der Waals surface area contributed by atoms with Gasteiger partial charge in [0.25, 0.3) is 0 Å². The van der Waals surface area contributed by atoms with Crippen LogP contribution in [0.15, 0.2) is 0 Å². The van der Waals surface area contributed by atoms with Gasteiger partial charge in [0.2, 0.25) is 0 Å². The first-order valence-corrected chi connectivity index (χ1v) is 6.32. The fourth-order valence-corrected chi connectivity index (χ4v) is 2.98. The van der Waals surface area contributed by atoms with Crippen molar-refractivity contribution in [2.45, 2.75) is 71.4 Å². The maximum atomic E-state index is 2.81. The van der Waals surface area contributed by atoms with Gasteiger partial charge in [0.1, 0.15) is 0 Å². The average Bonchev–Trinajstić information content (AvgIpc) is 2.30. The van der Waals surface area contributed by atoms with E-state index in [2.05, 4.69) is 25.7 Å². The molecule has 1 atom stereocenters. The van der Waals surface area contributed by atoms with Crippen molar-refractivity contribution < 1.29 is 0 Å². The van der Waals surface area contributed by atoms with E-state index in [4.69, 9.17) is 0 Å². The SMILES string of the molecule is CC(C)(C)CC1CCCN1C1CCC1. The minimum Gasteiger partial charge on any atom is -0.297 e. The summed E-state index contributed by atoms with van der Waals surface area (Å²) in [7, 11) is 0. The zero-order valence-electron chi connectivity index (χ0n) is 10.1. The Bertz CT molecular complexity index is 188. The van der Waals surface area contributed by atoms with Gasteiger partial charge in [-0.15, -0.1) is 0 Å². The topological polar surface area (TPSA) is 3.24 Å². The van der Waals surface area contributed by atoms with Crippen LogP contribution in [0.5, 0.6) is 0 Å². The molecule has 1 aliphatic carbocycles. The van der Waals surface area contributed by atoms with E-state index in [9.17, 15) is 0 Å². The monoisotopic (exact) mass is 195 g/mol. The van der Waals surface area contributed by atoms with E-state index in [1.54, 1.807) is 0 Å². The predicted molar refractivity (Wildman–Crippen MR) is 61.4 cm³/mol. The lowest BCUT2D eigenvalue weighted by atomic mass is 9.85.